The molecule has 16 heavy (non-hydrogen) atoms. The molecule has 0 radical (unpaired) electrons. The number of hydrogen-bond donors (Lipinski definition) is 0. The van der Waals surface area contributed by atoms with Crippen LogP contribution in [0.5, 0.6) is 5.75 Å². The van der Waals surface area contributed by atoms with Gasteiger partial charge in [-0.05, 0) is 43.9 Å². The highest BCUT2D eigenvalue weighted by Gasteiger charge is 2.46. The van der Waals surface area contributed by atoms with Crippen molar-refractivity contribution in [2.24, 2.45) is 5.41 Å². The van der Waals surface area contributed by atoms with Crippen molar-refractivity contribution in [1.29, 1.82) is 0 Å². The van der Waals surface area contributed by atoms with Crippen LogP contribution in [0.15, 0.2) is 18.2 Å². The van der Waals surface area contributed by atoms with Crippen LogP contribution in [0.4, 0.5) is 0 Å². The van der Waals surface area contributed by atoms with Gasteiger partial charge in [-0.3, -0.25) is 4.79 Å². The van der Waals surface area contributed by atoms with Crippen LogP contribution in [0.1, 0.15) is 25.3 Å². The summed E-state index contributed by atoms with van der Waals surface area (Å²) in [5.74, 6) is 0.970. The Morgan fingerprint density at radius 3 is 2.62 bits per heavy atom. The first-order chi connectivity index (χ1) is 7.57. The Balaban J connectivity index is 2.17. The molecule has 86 valence electrons. The highest BCUT2D eigenvalue weighted by molar-refractivity contribution is 6.32. The van der Waals surface area contributed by atoms with Crippen LogP contribution >= 0.6 is 11.6 Å². The Labute approximate surface area is 101 Å². The minimum atomic E-state index is -0.0993. The molecule has 0 N–H and O–H groups in total. The summed E-state index contributed by atoms with van der Waals surface area (Å²) >= 11 is 6.05. The lowest BCUT2D eigenvalue weighted by Crippen LogP contribution is -2.14. The van der Waals surface area contributed by atoms with Crippen LogP contribution in [0, 0.1) is 5.41 Å². The van der Waals surface area contributed by atoms with Crippen molar-refractivity contribution in [3.8, 4) is 5.75 Å². The molecule has 2 rings (SSSR count). The van der Waals surface area contributed by atoms with Crippen molar-refractivity contribution < 1.29 is 9.53 Å². The van der Waals surface area contributed by atoms with Crippen molar-refractivity contribution in [2.45, 2.75) is 26.2 Å². The first kappa shape index (κ1) is 11.5. The maximum atomic E-state index is 11.5. The summed E-state index contributed by atoms with van der Waals surface area (Å²) in [4.78, 5) is 11.5. The monoisotopic (exact) mass is 238 g/mol. The van der Waals surface area contributed by atoms with E-state index in [9.17, 15) is 4.79 Å². The van der Waals surface area contributed by atoms with Gasteiger partial charge < -0.3 is 4.74 Å². The van der Waals surface area contributed by atoms with E-state index in [1.807, 2.05) is 18.2 Å². The predicted molar refractivity (Wildman–Crippen MR) is 64.1 cm³/mol. The van der Waals surface area contributed by atoms with E-state index in [4.69, 9.17) is 16.3 Å². The molecular formula is C13H15ClO2. The van der Waals surface area contributed by atoms with Gasteiger partial charge in [0.2, 0.25) is 0 Å². The van der Waals surface area contributed by atoms with Crippen LogP contribution in [0.3, 0.4) is 0 Å². The van der Waals surface area contributed by atoms with Gasteiger partial charge in [0, 0.05) is 5.41 Å². The van der Waals surface area contributed by atoms with Crippen molar-refractivity contribution in [3.05, 3.63) is 28.8 Å². The molecule has 0 aliphatic heterocycles. The van der Waals surface area contributed by atoms with Gasteiger partial charge in [-0.25, -0.2) is 0 Å². The summed E-state index contributed by atoms with van der Waals surface area (Å²) in [5.41, 5.74) is 1.01. The largest absolute Gasteiger partial charge is 0.495 e. The topological polar surface area (TPSA) is 26.3 Å². The van der Waals surface area contributed by atoms with E-state index >= 15 is 0 Å². The molecule has 0 saturated heterocycles. The molecule has 1 fully saturated rings. The summed E-state index contributed by atoms with van der Waals surface area (Å²) in [6.45, 7) is 1.68. The Bertz CT molecular complexity index is 422. The minimum Gasteiger partial charge on any atom is -0.495 e. The zero-order valence-electron chi connectivity index (χ0n) is 9.55. The van der Waals surface area contributed by atoms with Gasteiger partial charge in [0.25, 0.3) is 0 Å². The van der Waals surface area contributed by atoms with Crippen LogP contribution in [0.2, 0.25) is 5.02 Å². The highest BCUT2D eigenvalue weighted by Crippen LogP contribution is 2.49. The quantitative estimate of drug-likeness (QED) is 0.805. The lowest BCUT2D eigenvalue weighted by atomic mass is 9.93. The Morgan fingerprint density at radius 2 is 2.19 bits per heavy atom. The summed E-state index contributed by atoms with van der Waals surface area (Å²) < 4.78 is 5.09. The van der Waals surface area contributed by atoms with E-state index in [2.05, 4.69) is 0 Å². The normalized spacial score (nSPS) is 16.9. The molecule has 0 amide bonds. The van der Waals surface area contributed by atoms with E-state index in [1.54, 1.807) is 14.0 Å². The molecule has 2 nitrogen and oxygen atoms in total. The molecule has 1 aromatic carbocycles. The molecule has 1 aliphatic rings. The molecule has 0 atom stereocenters. The van der Waals surface area contributed by atoms with Crippen molar-refractivity contribution in [3.63, 3.8) is 0 Å². The number of ketones is 1. The average Bonchev–Trinajstić information content (AvgIpc) is 2.99. The van der Waals surface area contributed by atoms with E-state index in [0.717, 1.165) is 24.8 Å². The Hall–Kier alpha value is -1.02. The fourth-order valence-electron chi connectivity index (χ4n) is 2.01. The van der Waals surface area contributed by atoms with Gasteiger partial charge in [-0.2, -0.15) is 0 Å². The van der Waals surface area contributed by atoms with E-state index in [0.29, 0.717) is 16.6 Å². The second-order valence-corrected chi connectivity index (χ2v) is 4.89. The molecule has 0 aromatic heterocycles. The van der Waals surface area contributed by atoms with Gasteiger partial charge in [0.1, 0.15) is 11.5 Å². The average molecular weight is 239 g/mol. The van der Waals surface area contributed by atoms with Crippen molar-refractivity contribution in [2.75, 3.05) is 7.11 Å². The molecule has 3 heteroatoms. The van der Waals surface area contributed by atoms with Crippen LogP contribution < -0.4 is 4.74 Å². The fraction of sp³-hybridized carbons (Fsp3) is 0.462. The Morgan fingerprint density at radius 1 is 1.50 bits per heavy atom. The van der Waals surface area contributed by atoms with Gasteiger partial charge in [0.05, 0.1) is 12.1 Å². The number of hydrogen-bond acceptors (Lipinski definition) is 2. The number of Topliss-reactive ketones (excluding diaryl/α,β-unsaturated/α-hetero) is 1. The zero-order valence-corrected chi connectivity index (χ0v) is 10.3. The summed E-state index contributed by atoms with van der Waals surface area (Å²) in [6.07, 6.45) is 2.81. The summed E-state index contributed by atoms with van der Waals surface area (Å²) in [6, 6.07) is 5.73. The summed E-state index contributed by atoms with van der Waals surface area (Å²) in [5, 5.41) is 0.611. The molecular weight excluding hydrogens is 224 g/mol. The van der Waals surface area contributed by atoms with Crippen LogP contribution in [-0.2, 0) is 11.2 Å². The first-order valence-corrected chi connectivity index (χ1v) is 5.79. The number of ether oxygens (including phenoxy) is 1. The second kappa shape index (κ2) is 4.10. The van der Waals surface area contributed by atoms with Crippen LogP contribution in [-0.4, -0.2) is 12.9 Å². The zero-order chi connectivity index (χ0) is 11.8. The molecule has 1 aliphatic carbocycles. The third-order valence-electron chi connectivity index (χ3n) is 3.36. The fourth-order valence-corrected chi connectivity index (χ4v) is 2.30. The number of carbonyl (C=O) groups excluding carboxylic acids is 1. The third kappa shape index (κ3) is 2.07. The summed E-state index contributed by atoms with van der Waals surface area (Å²) in [7, 11) is 1.60. The smallest absolute Gasteiger partial charge is 0.137 e. The van der Waals surface area contributed by atoms with Crippen LogP contribution in [0.25, 0.3) is 0 Å². The Kier molecular flexibility index (Phi) is 2.94. The van der Waals surface area contributed by atoms with Gasteiger partial charge in [0.15, 0.2) is 0 Å². The minimum absolute atomic E-state index is 0.0993. The molecule has 0 unspecified atom stereocenters. The van der Waals surface area contributed by atoms with Crippen molar-refractivity contribution >= 4 is 17.4 Å². The second-order valence-electron chi connectivity index (χ2n) is 4.48. The number of methoxy groups -OCH3 is 1. The lowest BCUT2D eigenvalue weighted by molar-refractivity contribution is -0.121. The number of carbonyl (C=O) groups is 1. The van der Waals surface area contributed by atoms with E-state index in [1.165, 1.54) is 0 Å². The third-order valence-corrected chi connectivity index (χ3v) is 3.65. The molecule has 0 bridgehead atoms. The van der Waals surface area contributed by atoms with Gasteiger partial charge in [-0.1, -0.05) is 17.7 Å². The first-order valence-electron chi connectivity index (χ1n) is 5.41. The van der Waals surface area contributed by atoms with Crippen molar-refractivity contribution in [1.82, 2.24) is 0 Å². The molecule has 0 spiro atoms. The van der Waals surface area contributed by atoms with Gasteiger partial charge >= 0.3 is 0 Å². The maximum absolute atomic E-state index is 11.5. The molecule has 1 saturated carbocycles. The lowest BCUT2D eigenvalue weighted by Gasteiger charge is -2.12. The number of rotatable bonds is 4. The molecule has 0 heterocycles. The maximum Gasteiger partial charge on any atom is 0.137 e. The van der Waals surface area contributed by atoms with E-state index < -0.39 is 0 Å². The van der Waals surface area contributed by atoms with Gasteiger partial charge in [-0.15, -0.1) is 0 Å². The predicted octanol–water partition coefficient (Wildman–Crippen LogP) is 3.26. The molecule has 1 aromatic rings. The highest BCUT2D eigenvalue weighted by atomic mass is 35.5. The number of benzene rings is 1. The van der Waals surface area contributed by atoms with E-state index in [-0.39, 0.29) is 5.41 Å². The number of halogens is 1. The standard InChI is InChI=1S/C13H15ClO2/c1-9(15)13(5-6-13)8-10-3-4-12(16-2)11(14)7-10/h3-4,7H,5-6,8H2,1-2H3. The SMILES string of the molecule is COc1ccc(CC2(C(C)=O)CC2)cc1Cl.